The average Bonchev–Trinajstić information content (AvgIpc) is 1.35. The maximum atomic E-state index is 9.89. The van der Waals surface area contributed by atoms with E-state index in [1.54, 1.807) is 0 Å². The molecule has 0 radical (unpaired) electrons. The van der Waals surface area contributed by atoms with Crippen LogP contribution in [0.1, 0.15) is 7.43 Å². The number of rotatable bonds is 1. The van der Waals surface area contributed by atoms with Gasteiger partial charge in [0.15, 0.2) is 0 Å². The molecule has 0 amide bonds. The topological polar surface area (TPSA) is 46.2 Å². The Balaban J connectivity index is 0. The van der Waals surface area contributed by atoms with Crippen molar-refractivity contribution in [1.29, 1.82) is 0 Å². The zero-order valence-corrected chi connectivity index (χ0v) is 4.54. The van der Waals surface area contributed by atoms with Crippen molar-refractivity contribution in [3.8, 4) is 0 Å². The fraction of sp³-hybridized carbons (Fsp3) is 1.00. The predicted molar refractivity (Wildman–Crippen MR) is 30.6 cm³/mol. The number of nitrogens with one attached hydrogen (secondary N) is 1. The Kier molecular flexibility index (Phi) is 4.27. The second-order valence-corrected chi connectivity index (χ2v) is 2.93. The number of hydrogen-bond donors (Lipinski definition) is 1. The number of hydrogen-bond acceptors (Lipinski definition) is 2. The van der Waals surface area contributed by atoms with Gasteiger partial charge in [-0.05, 0) is 7.05 Å². The van der Waals surface area contributed by atoms with Crippen molar-refractivity contribution in [1.82, 2.24) is 4.72 Å². The zero-order chi connectivity index (χ0) is 5.21. The molecule has 0 aromatic carbocycles. The molecule has 7 heavy (non-hydrogen) atoms. The lowest BCUT2D eigenvalue weighted by molar-refractivity contribution is 0.594. The minimum Gasteiger partial charge on any atom is -0.219 e. The van der Waals surface area contributed by atoms with Crippen LogP contribution >= 0.6 is 0 Å². The van der Waals surface area contributed by atoms with E-state index < -0.39 is 10.0 Å². The summed E-state index contributed by atoms with van der Waals surface area (Å²) in [6, 6.07) is 0. The maximum absolute atomic E-state index is 9.89. The molecule has 0 spiro atoms. The summed E-state index contributed by atoms with van der Waals surface area (Å²) in [5.41, 5.74) is 0. The van der Waals surface area contributed by atoms with Gasteiger partial charge in [-0.2, -0.15) is 0 Å². The third-order valence-electron chi connectivity index (χ3n) is 0.371. The molecule has 0 heterocycles. The van der Waals surface area contributed by atoms with E-state index in [1.807, 2.05) is 0 Å². The minimum atomic E-state index is -2.91. The Morgan fingerprint density at radius 2 is 1.57 bits per heavy atom. The summed E-state index contributed by atoms with van der Waals surface area (Å²) in [6.45, 7) is 0. The summed E-state index contributed by atoms with van der Waals surface area (Å²) >= 11 is 0. The van der Waals surface area contributed by atoms with Crippen LogP contribution in [-0.2, 0) is 10.0 Å². The molecule has 0 saturated carbocycles. The van der Waals surface area contributed by atoms with Crippen LogP contribution in [0.25, 0.3) is 0 Å². The van der Waals surface area contributed by atoms with E-state index in [0.717, 1.165) is 6.26 Å². The van der Waals surface area contributed by atoms with Crippen LogP contribution in [-0.4, -0.2) is 21.7 Å². The van der Waals surface area contributed by atoms with Gasteiger partial charge in [-0.1, -0.05) is 7.43 Å². The molecule has 0 aromatic heterocycles. The highest BCUT2D eigenvalue weighted by Gasteiger charge is 1.88. The molecule has 46 valence electrons. The van der Waals surface area contributed by atoms with Crippen molar-refractivity contribution < 1.29 is 8.42 Å². The zero-order valence-electron chi connectivity index (χ0n) is 3.72. The van der Waals surface area contributed by atoms with Gasteiger partial charge in [-0.25, -0.2) is 13.1 Å². The summed E-state index contributed by atoms with van der Waals surface area (Å²) in [7, 11) is -1.54. The molecule has 1 N–H and O–H groups in total. The van der Waals surface area contributed by atoms with Gasteiger partial charge in [-0.3, -0.25) is 0 Å². The first-order chi connectivity index (χ1) is 2.56. The van der Waals surface area contributed by atoms with E-state index in [9.17, 15) is 8.42 Å². The third-order valence-corrected chi connectivity index (χ3v) is 1.11. The first-order valence-electron chi connectivity index (χ1n) is 1.45. The molecular weight excluding hydrogens is 114 g/mol. The second-order valence-electron chi connectivity index (χ2n) is 0.976. The first-order valence-corrected chi connectivity index (χ1v) is 3.34. The Morgan fingerprint density at radius 1 is 1.43 bits per heavy atom. The Bertz CT molecular complexity index is 115. The van der Waals surface area contributed by atoms with Crippen LogP contribution in [0.4, 0.5) is 0 Å². The fourth-order valence-corrected chi connectivity index (χ4v) is 0. The molecular formula is C3H11NO2S. The van der Waals surface area contributed by atoms with Gasteiger partial charge < -0.3 is 0 Å². The Hall–Kier alpha value is -0.0900. The van der Waals surface area contributed by atoms with Crippen molar-refractivity contribution in [2.45, 2.75) is 7.43 Å². The van der Waals surface area contributed by atoms with Crippen LogP contribution in [0.2, 0.25) is 0 Å². The third kappa shape index (κ3) is 10.7. The molecule has 0 aliphatic rings. The van der Waals surface area contributed by atoms with E-state index >= 15 is 0 Å². The van der Waals surface area contributed by atoms with Crippen LogP contribution in [0, 0.1) is 0 Å². The quantitative estimate of drug-likeness (QED) is 0.527. The Labute approximate surface area is 44.8 Å². The summed E-state index contributed by atoms with van der Waals surface area (Å²) in [5, 5.41) is 0. The SMILES string of the molecule is C.CNS(C)(=O)=O. The molecule has 0 aliphatic carbocycles. The van der Waals surface area contributed by atoms with Crippen molar-refractivity contribution in [3.05, 3.63) is 0 Å². The lowest BCUT2D eigenvalue weighted by Gasteiger charge is -1.85. The smallest absolute Gasteiger partial charge is 0.208 e. The molecule has 0 saturated heterocycles. The molecule has 0 rings (SSSR count). The van der Waals surface area contributed by atoms with E-state index in [-0.39, 0.29) is 7.43 Å². The maximum Gasteiger partial charge on any atom is 0.208 e. The molecule has 0 fully saturated rings. The monoisotopic (exact) mass is 125 g/mol. The fourth-order valence-electron chi connectivity index (χ4n) is 0. The van der Waals surface area contributed by atoms with Crippen molar-refractivity contribution in [2.24, 2.45) is 0 Å². The normalized spacial score (nSPS) is 10.0. The van der Waals surface area contributed by atoms with Gasteiger partial charge >= 0.3 is 0 Å². The molecule has 4 heteroatoms. The van der Waals surface area contributed by atoms with Gasteiger partial charge in [0.1, 0.15) is 0 Å². The standard InChI is InChI=1S/C2H7NO2S.CH4/c1-3-6(2,4)5;/h3H,1-2H3;1H4. The van der Waals surface area contributed by atoms with Crippen molar-refractivity contribution in [2.75, 3.05) is 13.3 Å². The van der Waals surface area contributed by atoms with Crippen LogP contribution < -0.4 is 4.72 Å². The van der Waals surface area contributed by atoms with Gasteiger partial charge in [0.05, 0.1) is 6.26 Å². The van der Waals surface area contributed by atoms with Crippen molar-refractivity contribution >= 4 is 10.0 Å². The number of sulfonamides is 1. The molecule has 0 bridgehead atoms. The minimum absolute atomic E-state index is 0. The lowest BCUT2D eigenvalue weighted by Crippen LogP contribution is -2.15. The molecule has 0 aliphatic heterocycles. The molecule has 0 unspecified atom stereocenters. The van der Waals surface area contributed by atoms with Crippen LogP contribution in [0.5, 0.6) is 0 Å². The largest absolute Gasteiger partial charge is 0.219 e. The van der Waals surface area contributed by atoms with Gasteiger partial charge in [0, 0.05) is 0 Å². The first kappa shape index (κ1) is 10.0. The molecule has 0 atom stereocenters. The highest BCUT2D eigenvalue weighted by Crippen LogP contribution is 1.62. The highest BCUT2D eigenvalue weighted by molar-refractivity contribution is 7.88. The van der Waals surface area contributed by atoms with Gasteiger partial charge in [0.25, 0.3) is 0 Å². The lowest BCUT2D eigenvalue weighted by atomic mass is 11.6. The van der Waals surface area contributed by atoms with E-state index in [0.29, 0.717) is 0 Å². The highest BCUT2D eigenvalue weighted by atomic mass is 32.2. The Morgan fingerprint density at radius 3 is 1.57 bits per heavy atom. The summed E-state index contributed by atoms with van der Waals surface area (Å²) in [4.78, 5) is 0. The van der Waals surface area contributed by atoms with Crippen molar-refractivity contribution in [3.63, 3.8) is 0 Å². The molecule has 3 nitrogen and oxygen atoms in total. The van der Waals surface area contributed by atoms with E-state index in [2.05, 4.69) is 4.72 Å². The summed E-state index contributed by atoms with van der Waals surface area (Å²) < 4.78 is 21.9. The van der Waals surface area contributed by atoms with Crippen LogP contribution in [0.3, 0.4) is 0 Å². The summed E-state index contributed by atoms with van der Waals surface area (Å²) in [5.74, 6) is 0. The molecule has 0 aromatic rings. The second kappa shape index (κ2) is 2.98. The van der Waals surface area contributed by atoms with Crippen LogP contribution in [0.15, 0.2) is 0 Å². The van der Waals surface area contributed by atoms with E-state index in [4.69, 9.17) is 0 Å². The van der Waals surface area contributed by atoms with Gasteiger partial charge in [0.2, 0.25) is 10.0 Å². The predicted octanol–water partition coefficient (Wildman–Crippen LogP) is -0.199. The summed E-state index contributed by atoms with van der Waals surface area (Å²) in [6.07, 6.45) is 1.10. The van der Waals surface area contributed by atoms with E-state index in [1.165, 1.54) is 7.05 Å². The van der Waals surface area contributed by atoms with Gasteiger partial charge in [-0.15, -0.1) is 0 Å². The average molecular weight is 125 g/mol.